The van der Waals surface area contributed by atoms with Crippen molar-refractivity contribution in [2.24, 2.45) is 0 Å². The van der Waals surface area contributed by atoms with Crippen LogP contribution in [0, 0.1) is 6.92 Å². The van der Waals surface area contributed by atoms with Gasteiger partial charge in [-0.15, -0.1) is 0 Å². The van der Waals surface area contributed by atoms with E-state index in [0.29, 0.717) is 18.3 Å². The molecule has 1 unspecified atom stereocenters. The molecule has 5 nitrogen and oxygen atoms in total. The molecule has 5 heteroatoms. The molecule has 1 aliphatic rings. The third kappa shape index (κ3) is 3.06. The molecule has 124 valence electrons. The molecular weight excluding hydrogens is 292 g/mol. The van der Waals surface area contributed by atoms with E-state index in [0.717, 1.165) is 28.8 Å². The zero-order valence-electron chi connectivity index (χ0n) is 14.1. The van der Waals surface area contributed by atoms with Crippen molar-refractivity contribution in [1.29, 1.82) is 0 Å². The molecule has 23 heavy (non-hydrogen) atoms. The highest BCUT2D eigenvalue weighted by atomic mass is 16.5. The summed E-state index contributed by atoms with van der Waals surface area (Å²) in [5.74, 6) is 1.05. The highest BCUT2D eigenvalue weighted by molar-refractivity contribution is 5.99. The number of methoxy groups -OCH3 is 1. The molecule has 2 atom stereocenters. The molecular formula is C18H25N2O3+. The lowest BCUT2D eigenvalue weighted by Gasteiger charge is -2.19. The summed E-state index contributed by atoms with van der Waals surface area (Å²) in [4.78, 5) is 14.1. The van der Waals surface area contributed by atoms with E-state index in [-0.39, 0.29) is 5.91 Å². The Labute approximate surface area is 136 Å². The molecule has 2 N–H and O–H groups in total. The molecule has 0 spiro atoms. The monoisotopic (exact) mass is 317 g/mol. The zero-order chi connectivity index (χ0) is 16.4. The molecule has 2 heterocycles. The van der Waals surface area contributed by atoms with Crippen LogP contribution in [0.2, 0.25) is 0 Å². The Hall–Kier alpha value is -2.01. The molecule has 0 bridgehead atoms. The Bertz CT molecular complexity index is 708. The number of carbonyl (C=O) groups is 1. The highest BCUT2D eigenvalue weighted by Gasteiger charge is 2.28. The van der Waals surface area contributed by atoms with Crippen molar-refractivity contribution in [2.75, 3.05) is 26.7 Å². The van der Waals surface area contributed by atoms with Gasteiger partial charge < -0.3 is 19.4 Å². The van der Waals surface area contributed by atoms with Gasteiger partial charge in [0.2, 0.25) is 0 Å². The van der Waals surface area contributed by atoms with E-state index in [4.69, 9.17) is 9.15 Å². The smallest absolute Gasteiger partial charge is 0.287 e. The lowest BCUT2D eigenvalue weighted by Crippen LogP contribution is -3.14. The molecule has 2 aromatic rings. The van der Waals surface area contributed by atoms with Crippen molar-refractivity contribution in [3.63, 3.8) is 0 Å². The Morgan fingerprint density at radius 1 is 1.48 bits per heavy atom. The summed E-state index contributed by atoms with van der Waals surface area (Å²) in [7, 11) is 1.63. The molecule has 0 radical (unpaired) electrons. The molecule has 1 aliphatic heterocycles. The van der Waals surface area contributed by atoms with Crippen molar-refractivity contribution in [2.45, 2.75) is 32.7 Å². The van der Waals surface area contributed by atoms with Gasteiger partial charge in [-0.25, -0.2) is 0 Å². The van der Waals surface area contributed by atoms with Gasteiger partial charge in [0.05, 0.1) is 26.7 Å². The Morgan fingerprint density at radius 2 is 2.30 bits per heavy atom. The summed E-state index contributed by atoms with van der Waals surface area (Å²) >= 11 is 0. The number of hydrogen-bond acceptors (Lipinski definition) is 3. The maximum Gasteiger partial charge on any atom is 0.287 e. The largest absolute Gasteiger partial charge is 0.497 e. The standard InChI is InChI=1S/C18H24N2O3/c1-4-20-9-5-6-13(20)11-19-18(21)17-12(2)15-10-14(22-3)7-8-16(15)23-17/h7-8,10,13H,4-6,9,11H2,1-3H3,(H,19,21)/p+1/t13-/m1/s1. The number of ether oxygens (including phenoxy) is 1. The van der Waals surface area contributed by atoms with Crippen LogP contribution in [0.25, 0.3) is 11.0 Å². The van der Waals surface area contributed by atoms with Gasteiger partial charge in [0.15, 0.2) is 5.76 Å². The van der Waals surface area contributed by atoms with E-state index in [1.165, 1.54) is 19.4 Å². The van der Waals surface area contributed by atoms with Gasteiger partial charge in [-0.3, -0.25) is 4.79 Å². The maximum absolute atomic E-state index is 12.5. The van der Waals surface area contributed by atoms with E-state index < -0.39 is 0 Å². The SMILES string of the molecule is CC[NH+]1CCC[C@@H]1CNC(=O)c1oc2ccc(OC)cc2c1C. The number of likely N-dealkylation sites (tertiary alicyclic amines) is 1. The fourth-order valence-electron chi connectivity index (χ4n) is 3.54. The minimum absolute atomic E-state index is 0.125. The number of hydrogen-bond donors (Lipinski definition) is 2. The van der Waals surface area contributed by atoms with E-state index >= 15 is 0 Å². The number of carbonyl (C=O) groups excluding carboxylic acids is 1. The first-order valence-electron chi connectivity index (χ1n) is 8.34. The number of amides is 1. The third-order valence-electron chi connectivity index (χ3n) is 4.94. The van der Waals surface area contributed by atoms with Crippen LogP contribution in [-0.2, 0) is 0 Å². The van der Waals surface area contributed by atoms with Crippen LogP contribution in [-0.4, -0.2) is 38.7 Å². The Morgan fingerprint density at radius 3 is 3.04 bits per heavy atom. The quantitative estimate of drug-likeness (QED) is 0.880. The normalized spacial score (nSPS) is 20.8. The number of aryl methyl sites for hydroxylation is 1. The highest BCUT2D eigenvalue weighted by Crippen LogP contribution is 2.28. The molecule has 1 saturated heterocycles. The summed E-state index contributed by atoms with van der Waals surface area (Å²) in [5.41, 5.74) is 1.58. The zero-order valence-corrected chi connectivity index (χ0v) is 14.1. The second kappa shape index (κ2) is 6.62. The van der Waals surface area contributed by atoms with Gasteiger partial charge in [-0.05, 0) is 32.0 Å². The molecule has 0 aliphatic carbocycles. The maximum atomic E-state index is 12.5. The summed E-state index contributed by atoms with van der Waals surface area (Å²) in [6.07, 6.45) is 2.42. The number of nitrogens with one attached hydrogen (secondary N) is 2. The van der Waals surface area contributed by atoms with Crippen molar-refractivity contribution in [3.05, 3.63) is 29.5 Å². The van der Waals surface area contributed by atoms with Crippen molar-refractivity contribution in [1.82, 2.24) is 5.32 Å². The van der Waals surface area contributed by atoms with E-state index in [9.17, 15) is 4.79 Å². The fourth-order valence-corrected chi connectivity index (χ4v) is 3.54. The molecule has 3 rings (SSSR count). The molecule has 0 saturated carbocycles. The van der Waals surface area contributed by atoms with Gasteiger partial charge >= 0.3 is 0 Å². The van der Waals surface area contributed by atoms with E-state index in [1.54, 1.807) is 12.0 Å². The number of quaternary nitrogens is 1. The minimum atomic E-state index is -0.125. The molecule has 1 aromatic heterocycles. The Balaban J connectivity index is 1.74. The lowest BCUT2D eigenvalue weighted by atomic mass is 10.1. The van der Waals surface area contributed by atoms with Crippen molar-refractivity contribution < 1.29 is 18.8 Å². The predicted molar refractivity (Wildman–Crippen MR) is 89.2 cm³/mol. The minimum Gasteiger partial charge on any atom is -0.497 e. The van der Waals surface area contributed by atoms with Crippen molar-refractivity contribution in [3.8, 4) is 5.75 Å². The van der Waals surface area contributed by atoms with Crippen LogP contribution >= 0.6 is 0 Å². The van der Waals surface area contributed by atoms with E-state index in [1.807, 2.05) is 25.1 Å². The fraction of sp³-hybridized carbons (Fsp3) is 0.500. The predicted octanol–water partition coefficient (Wildman–Crippen LogP) is 1.55. The topological polar surface area (TPSA) is 55.9 Å². The third-order valence-corrected chi connectivity index (χ3v) is 4.94. The summed E-state index contributed by atoms with van der Waals surface area (Å²) < 4.78 is 11.0. The molecule has 1 aromatic carbocycles. The number of benzene rings is 1. The number of furan rings is 1. The van der Waals surface area contributed by atoms with Gasteiger partial charge in [-0.2, -0.15) is 0 Å². The molecule has 1 amide bonds. The first kappa shape index (κ1) is 15.9. The average Bonchev–Trinajstić information content (AvgIpc) is 3.16. The second-order valence-electron chi connectivity index (χ2n) is 6.23. The van der Waals surface area contributed by atoms with Crippen LogP contribution in [0.4, 0.5) is 0 Å². The molecule has 1 fully saturated rings. The number of likely N-dealkylation sites (N-methyl/N-ethyl adjacent to an activating group) is 1. The van der Waals surface area contributed by atoms with Gasteiger partial charge in [0.1, 0.15) is 17.4 Å². The average molecular weight is 317 g/mol. The second-order valence-corrected chi connectivity index (χ2v) is 6.23. The van der Waals surface area contributed by atoms with Gasteiger partial charge in [-0.1, -0.05) is 0 Å². The summed E-state index contributed by atoms with van der Waals surface area (Å²) in [5, 5.41) is 3.98. The number of fused-ring (bicyclic) bond motifs is 1. The summed E-state index contributed by atoms with van der Waals surface area (Å²) in [6.45, 7) is 7.15. The van der Waals surface area contributed by atoms with Crippen LogP contribution in [0.3, 0.4) is 0 Å². The number of rotatable bonds is 5. The first-order chi connectivity index (χ1) is 11.1. The van der Waals surface area contributed by atoms with Crippen LogP contribution < -0.4 is 15.0 Å². The van der Waals surface area contributed by atoms with Gasteiger partial charge in [0.25, 0.3) is 5.91 Å². The lowest BCUT2D eigenvalue weighted by molar-refractivity contribution is -0.909. The van der Waals surface area contributed by atoms with E-state index in [2.05, 4.69) is 12.2 Å². The van der Waals surface area contributed by atoms with Gasteiger partial charge in [0, 0.05) is 23.8 Å². The van der Waals surface area contributed by atoms with Crippen LogP contribution in [0.1, 0.15) is 35.9 Å². The van der Waals surface area contributed by atoms with Crippen LogP contribution in [0.5, 0.6) is 5.75 Å². The summed E-state index contributed by atoms with van der Waals surface area (Å²) in [6, 6.07) is 6.12. The Kier molecular flexibility index (Phi) is 4.57. The van der Waals surface area contributed by atoms with Crippen molar-refractivity contribution >= 4 is 16.9 Å². The van der Waals surface area contributed by atoms with Crippen LogP contribution in [0.15, 0.2) is 22.6 Å². The first-order valence-corrected chi connectivity index (χ1v) is 8.34.